The zero-order chi connectivity index (χ0) is 10.3. The van der Waals surface area contributed by atoms with Crippen molar-refractivity contribution in [1.82, 2.24) is 0 Å². The van der Waals surface area contributed by atoms with Gasteiger partial charge in [0.05, 0.1) is 19.0 Å². The molecule has 76 valence electrons. The van der Waals surface area contributed by atoms with Gasteiger partial charge in [-0.05, 0) is 19.6 Å². The predicted octanol–water partition coefficient (Wildman–Crippen LogP) is 1.86. The first-order chi connectivity index (χ1) is 5.95. The van der Waals surface area contributed by atoms with E-state index in [1.807, 2.05) is 19.6 Å². The van der Waals surface area contributed by atoms with E-state index in [0.717, 1.165) is 6.08 Å². The van der Waals surface area contributed by atoms with Crippen LogP contribution in [0.25, 0.3) is 0 Å². The molecule has 0 saturated heterocycles. The molecule has 0 N–H and O–H groups in total. The standard InChI is InChI=1S/C8H15FO3Si/c1-13(2,3)12-7-6-11-8(10)4-5-9/h4-5H,6-7H2,1-3H3. The summed E-state index contributed by atoms with van der Waals surface area (Å²) >= 11 is 0. The largest absolute Gasteiger partial charge is 0.460 e. The zero-order valence-electron chi connectivity index (χ0n) is 8.17. The van der Waals surface area contributed by atoms with Crippen LogP contribution in [-0.2, 0) is 14.0 Å². The quantitative estimate of drug-likeness (QED) is 0.298. The fraction of sp³-hybridized carbons (Fsp3) is 0.625. The van der Waals surface area contributed by atoms with E-state index in [2.05, 4.69) is 4.74 Å². The van der Waals surface area contributed by atoms with Gasteiger partial charge in [0.2, 0.25) is 0 Å². The van der Waals surface area contributed by atoms with Gasteiger partial charge in [0.15, 0.2) is 8.32 Å². The molecule has 0 heterocycles. The topological polar surface area (TPSA) is 35.5 Å². The highest BCUT2D eigenvalue weighted by Gasteiger charge is 2.13. The number of rotatable bonds is 5. The van der Waals surface area contributed by atoms with Crippen LogP contribution in [0.5, 0.6) is 0 Å². The summed E-state index contributed by atoms with van der Waals surface area (Å²) in [5.41, 5.74) is 0. The summed E-state index contributed by atoms with van der Waals surface area (Å²) in [6, 6.07) is 0. The molecule has 0 amide bonds. The SMILES string of the molecule is C[Si](C)(C)OCCOC(=O)C=CF. The Morgan fingerprint density at radius 3 is 2.46 bits per heavy atom. The number of ether oxygens (including phenoxy) is 1. The van der Waals surface area contributed by atoms with Gasteiger partial charge in [-0.3, -0.25) is 0 Å². The minimum Gasteiger partial charge on any atom is -0.460 e. The molecular formula is C8H15FO3Si. The smallest absolute Gasteiger partial charge is 0.333 e. The van der Waals surface area contributed by atoms with Crippen LogP contribution in [0, 0.1) is 0 Å². The molecule has 0 rings (SSSR count). The van der Waals surface area contributed by atoms with Crippen LogP contribution in [0.4, 0.5) is 4.39 Å². The molecule has 0 atom stereocenters. The van der Waals surface area contributed by atoms with E-state index < -0.39 is 14.3 Å². The van der Waals surface area contributed by atoms with Crippen LogP contribution in [0.1, 0.15) is 0 Å². The van der Waals surface area contributed by atoms with Gasteiger partial charge in [0.1, 0.15) is 6.61 Å². The van der Waals surface area contributed by atoms with E-state index in [1.165, 1.54) is 0 Å². The van der Waals surface area contributed by atoms with E-state index in [9.17, 15) is 9.18 Å². The molecule has 0 unspecified atom stereocenters. The second-order valence-electron chi connectivity index (χ2n) is 3.42. The Kier molecular flexibility index (Phi) is 5.57. The molecule has 0 aliphatic heterocycles. The Hall–Kier alpha value is -0.683. The number of carbonyl (C=O) groups is 1. The molecule has 0 bridgehead atoms. The maximum absolute atomic E-state index is 11.4. The number of esters is 1. The second-order valence-corrected chi connectivity index (χ2v) is 7.93. The van der Waals surface area contributed by atoms with E-state index in [0.29, 0.717) is 6.61 Å². The van der Waals surface area contributed by atoms with E-state index in [-0.39, 0.29) is 12.9 Å². The van der Waals surface area contributed by atoms with Gasteiger partial charge in [-0.1, -0.05) is 0 Å². The number of halogens is 1. The third-order valence-corrected chi connectivity index (χ3v) is 2.13. The minimum absolute atomic E-state index is 0.154. The highest BCUT2D eigenvalue weighted by Crippen LogP contribution is 2.01. The monoisotopic (exact) mass is 206 g/mol. The van der Waals surface area contributed by atoms with Gasteiger partial charge in [0, 0.05) is 0 Å². The average Bonchev–Trinajstić information content (AvgIpc) is 1.97. The first-order valence-electron chi connectivity index (χ1n) is 4.03. The van der Waals surface area contributed by atoms with Gasteiger partial charge in [-0.25, -0.2) is 9.18 Å². The first kappa shape index (κ1) is 12.3. The molecule has 0 aromatic carbocycles. The third-order valence-electron chi connectivity index (χ3n) is 1.06. The third kappa shape index (κ3) is 9.23. The maximum Gasteiger partial charge on any atom is 0.333 e. The Morgan fingerprint density at radius 1 is 1.38 bits per heavy atom. The van der Waals surface area contributed by atoms with Crippen molar-refractivity contribution in [2.75, 3.05) is 13.2 Å². The van der Waals surface area contributed by atoms with E-state index in [1.54, 1.807) is 0 Å². The van der Waals surface area contributed by atoms with Crippen molar-refractivity contribution in [3.05, 3.63) is 12.4 Å². The van der Waals surface area contributed by atoms with Crippen molar-refractivity contribution in [2.24, 2.45) is 0 Å². The number of carbonyl (C=O) groups excluding carboxylic acids is 1. The molecule has 0 fully saturated rings. The lowest BCUT2D eigenvalue weighted by atomic mass is 10.6. The van der Waals surface area contributed by atoms with Gasteiger partial charge in [0.25, 0.3) is 0 Å². The normalized spacial score (nSPS) is 12.0. The van der Waals surface area contributed by atoms with E-state index in [4.69, 9.17) is 4.43 Å². The van der Waals surface area contributed by atoms with Crippen molar-refractivity contribution < 1.29 is 18.3 Å². The molecule has 0 spiro atoms. The molecule has 0 aromatic rings. The lowest BCUT2D eigenvalue weighted by molar-refractivity contribution is -0.138. The maximum atomic E-state index is 11.4. The van der Waals surface area contributed by atoms with Crippen LogP contribution < -0.4 is 0 Å². The highest BCUT2D eigenvalue weighted by molar-refractivity contribution is 6.69. The van der Waals surface area contributed by atoms with Crippen LogP contribution in [-0.4, -0.2) is 27.5 Å². The Bertz CT molecular complexity index is 186. The van der Waals surface area contributed by atoms with Gasteiger partial charge in [-0.15, -0.1) is 0 Å². The Balaban J connectivity index is 3.41. The summed E-state index contributed by atoms with van der Waals surface area (Å²) in [6.45, 7) is 6.66. The number of hydrogen-bond donors (Lipinski definition) is 0. The summed E-state index contributed by atoms with van der Waals surface area (Å²) in [5, 5.41) is 0. The molecule has 0 aromatic heterocycles. The van der Waals surface area contributed by atoms with Crippen molar-refractivity contribution in [2.45, 2.75) is 19.6 Å². The predicted molar refractivity (Wildman–Crippen MR) is 50.5 cm³/mol. The van der Waals surface area contributed by atoms with Crippen molar-refractivity contribution >= 4 is 14.3 Å². The van der Waals surface area contributed by atoms with Gasteiger partial charge >= 0.3 is 5.97 Å². The summed E-state index contributed by atoms with van der Waals surface area (Å²) in [5.74, 6) is -0.679. The van der Waals surface area contributed by atoms with Gasteiger partial charge < -0.3 is 9.16 Å². The van der Waals surface area contributed by atoms with Crippen molar-refractivity contribution in [3.63, 3.8) is 0 Å². The fourth-order valence-electron chi connectivity index (χ4n) is 0.590. The summed E-state index contributed by atoms with van der Waals surface area (Å²) in [7, 11) is -1.53. The lowest BCUT2D eigenvalue weighted by Crippen LogP contribution is -2.27. The Labute approximate surface area is 78.7 Å². The molecule has 0 saturated carbocycles. The summed E-state index contributed by atoms with van der Waals surface area (Å²) < 4.78 is 21.4. The van der Waals surface area contributed by atoms with Crippen LogP contribution in [0.15, 0.2) is 12.4 Å². The molecule has 3 nitrogen and oxygen atoms in total. The number of hydrogen-bond acceptors (Lipinski definition) is 3. The second kappa shape index (κ2) is 5.88. The molecule has 0 aliphatic rings. The summed E-state index contributed by atoms with van der Waals surface area (Å²) in [6.07, 6.45) is 0.885. The Morgan fingerprint density at radius 2 is 2.00 bits per heavy atom. The van der Waals surface area contributed by atoms with Crippen LogP contribution in [0.3, 0.4) is 0 Å². The minimum atomic E-state index is -1.53. The van der Waals surface area contributed by atoms with Gasteiger partial charge in [-0.2, -0.15) is 0 Å². The zero-order valence-corrected chi connectivity index (χ0v) is 9.17. The van der Waals surface area contributed by atoms with Crippen LogP contribution in [0.2, 0.25) is 19.6 Å². The molecule has 5 heteroatoms. The lowest BCUT2D eigenvalue weighted by Gasteiger charge is -2.16. The first-order valence-corrected chi connectivity index (χ1v) is 7.44. The summed E-state index contributed by atoms with van der Waals surface area (Å²) in [4.78, 5) is 10.6. The van der Waals surface area contributed by atoms with Crippen molar-refractivity contribution in [1.29, 1.82) is 0 Å². The molecular weight excluding hydrogens is 191 g/mol. The van der Waals surface area contributed by atoms with Crippen LogP contribution >= 0.6 is 0 Å². The van der Waals surface area contributed by atoms with E-state index >= 15 is 0 Å². The molecule has 13 heavy (non-hydrogen) atoms. The fourth-order valence-corrected chi connectivity index (χ4v) is 1.29. The molecule has 0 aliphatic carbocycles. The highest BCUT2D eigenvalue weighted by atomic mass is 28.4. The molecule has 0 radical (unpaired) electrons. The average molecular weight is 206 g/mol. The van der Waals surface area contributed by atoms with Crippen molar-refractivity contribution in [3.8, 4) is 0 Å².